The molecule has 3 aromatic carbocycles. The summed E-state index contributed by atoms with van der Waals surface area (Å²) < 4.78 is 12.4. The van der Waals surface area contributed by atoms with Gasteiger partial charge in [0.2, 0.25) is 12.7 Å². The number of aryl methyl sites for hydroxylation is 1. The maximum Gasteiger partial charge on any atom is 0.262 e. The Balaban J connectivity index is 1.44. The molecule has 34 heavy (non-hydrogen) atoms. The number of carbonyl (C=O) groups excluding carboxylic acids is 1. The molecule has 0 fully saturated rings. The van der Waals surface area contributed by atoms with Crippen LogP contribution in [0.15, 0.2) is 70.6 Å². The molecule has 0 atom stereocenters. The number of aromatic nitrogens is 2. The molecular weight excluding hydrogens is 474 g/mol. The minimum Gasteiger partial charge on any atom is -0.454 e. The molecule has 0 aliphatic carbocycles. The van der Waals surface area contributed by atoms with E-state index in [0.717, 1.165) is 11.1 Å². The van der Waals surface area contributed by atoms with Crippen molar-refractivity contribution in [2.24, 2.45) is 0 Å². The van der Waals surface area contributed by atoms with Crippen molar-refractivity contribution in [1.82, 2.24) is 9.55 Å². The highest BCUT2D eigenvalue weighted by atomic mass is 35.5. The average molecular weight is 494 g/mol. The number of hydrogen-bond acceptors (Lipinski definition) is 6. The van der Waals surface area contributed by atoms with Crippen molar-refractivity contribution in [3.8, 4) is 11.5 Å². The predicted molar refractivity (Wildman–Crippen MR) is 133 cm³/mol. The van der Waals surface area contributed by atoms with Gasteiger partial charge in [-0.1, -0.05) is 53.7 Å². The number of nitrogens with zero attached hydrogens (tertiary/aromatic N) is 2. The molecule has 7 nitrogen and oxygen atoms in total. The molecular formula is C25H20ClN3O4S. The minimum atomic E-state index is -0.238. The van der Waals surface area contributed by atoms with E-state index in [4.69, 9.17) is 21.1 Å². The number of benzene rings is 3. The first kappa shape index (κ1) is 22.3. The highest BCUT2D eigenvalue weighted by Gasteiger charge is 2.17. The van der Waals surface area contributed by atoms with E-state index in [1.54, 1.807) is 22.8 Å². The number of amides is 1. The lowest BCUT2D eigenvalue weighted by Crippen LogP contribution is -2.25. The molecule has 1 amide bonds. The van der Waals surface area contributed by atoms with Gasteiger partial charge in [-0.3, -0.25) is 14.2 Å². The van der Waals surface area contributed by atoms with Gasteiger partial charge in [0.1, 0.15) is 0 Å². The van der Waals surface area contributed by atoms with Crippen LogP contribution in [-0.2, 0) is 11.3 Å². The summed E-state index contributed by atoms with van der Waals surface area (Å²) in [4.78, 5) is 30.7. The summed E-state index contributed by atoms with van der Waals surface area (Å²) in [5.41, 5.74) is 2.72. The number of carbonyl (C=O) groups is 1. The first-order valence-electron chi connectivity index (χ1n) is 10.6. The molecule has 172 valence electrons. The Kier molecular flexibility index (Phi) is 6.17. The van der Waals surface area contributed by atoms with Gasteiger partial charge in [0.15, 0.2) is 16.7 Å². The standard InChI is InChI=1S/C25H20ClN3O4S/c1-15-5-4-7-18(26)23(15)28-22(30)13-34-25-27-19-8-3-2-6-17(19)24(31)29(25)12-16-9-10-20-21(11-16)33-14-32-20/h2-11H,12-14H2,1H3,(H,28,30). The molecule has 9 heteroatoms. The zero-order valence-corrected chi connectivity index (χ0v) is 19.8. The van der Waals surface area contributed by atoms with E-state index in [9.17, 15) is 9.59 Å². The highest BCUT2D eigenvalue weighted by Crippen LogP contribution is 2.33. The third kappa shape index (κ3) is 4.47. The Hall–Kier alpha value is -3.49. The van der Waals surface area contributed by atoms with E-state index in [-0.39, 0.29) is 30.6 Å². The van der Waals surface area contributed by atoms with Crippen LogP contribution in [0.25, 0.3) is 10.9 Å². The summed E-state index contributed by atoms with van der Waals surface area (Å²) in [5.74, 6) is 1.14. The zero-order chi connectivity index (χ0) is 23.7. The molecule has 0 saturated heterocycles. The van der Waals surface area contributed by atoms with Crippen LogP contribution in [0, 0.1) is 6.92 Å². The summed E-state index contributed by atoms with van der Waals surface area (Å²) in [5, 5.41) is 4.30. The fraction of sp³-hybridized carbons (Fsp3) is 0.160. The lowest BCUT2D eigenvalue weighted by Gasteiger charge is -2.14. The second kappa shape index (κ2) is 9.40. The number of thioether (sulfide) groups is 1. The van der Waals surface area contributed by atoms with Gasteiger partial charge >= 0.3 is 0 Å². The van der Waals surface area contributed by atoms with Crippen molar-refractivity contribution in [2.45, 2.75) is 18.6 Å². The maximum absolute atomic E-state index is 13.3. The largest absolute Gasteiger partial charge is 0.454 e. The van der Waals surface area contributed by atoms with Crippen molar-refractivity contribution >= 4 is 45.9 Å². The molecule has 1 aliphatic rings. The van der Waals surface area contributed by atoms with Crippen molar-refractivity contribution < 1.29 is 14.3 Å². The van der Waals surface area contributed by atoms with Gasteiger partial charge in [0.05, 0.1) is 33.9 Å². The fourth-order valence-corrected chi connectivity index (χ4v) is 4.78. The van der Waals surface area contributed by atoms with Crippen LogP contribution in [0.4, 0.5) is 5.69 Å². The van der Waals surface area contributed by atoms with Crippen molar-refractivity contribution in [3.63, 3.8) is 0 Å². The molecule has 0 bridgehead atoms. The van der Waals surface area contributed by atoms with Crippen LogP contribution < -0.4 is 20.3 Å². The predicted octanol–water partition coefficient (Wildman–Crippen LogP) is 4.87. The molecule has 4 aromatic rings. The van der Waals surface area contributed by atoms with Crippen molar-refractivity contribution in [3.05, 3.63) is 87.2 Å². The van der Waals surface area contributed by atoms with Gasteiger partial charge in [-0.15, -0.1) is 0 Å². The minimum absolute atomic E-state index is 0.0661. The van der Waals surface area contributed by atoms with Crippen LogP contribution in [0.5, 0.6) is 11.5 Å². The smallest absolute Gasteiger partial charge is 0.262 e. The summed E-state index contributed by atoms with van der Waals surface area (Å²) in [6.45, 7) is 2.33. The summed E-state index contributed by atoms with van der Waals surface area (Å²) in [7, 11) is 0. The van der Waals surface area contributed by atoms with E-state index in [1.165, 1.54) is 11.8 Å². The van der Waals surface area contributed by atoms with Gasteiger partial charge in [-0.25, -0.2) is 4.98 Å². The van der Waals surface area contributed by atoms with Crippen molar-refractivity contribution in [2.75, 3.05) is 17.9 Å². The third-order valence-corrected chi connectivity index (χ3v) is 6.71. The lowest BCUT2D eigenvalue weighted by molar-refractivity contribution is -0.113. The van der Waals surface area contributed by atoms with Crippen LogP contribution in [0.3, 0.4) is 0 Å². The first-order valence-corrected chi connectivity index (χ1v) is 11.9. The normalized spacial score (nSPS) is 12.2. The number of ether oxygens (including phenoxy) is 2. The number of para-hydroxylation sites is 2. The van der Waals surface area contributed by atoms with Gasteiger partial charge in [0, 0.05) is 0 Å². The van der Waals surface area contributed by atoms with Gasteiger partial charge in [-0.2, -0.15) is 0 Å². The summed E-state index contributed by atoms with van der Waals surface area (Å²) in [6, 6.07) is 18.2. The van der Waals surface area contributed by atoms with Gasteiger partial charge in [-0.05, 0) is 48.4 Å². The first-order chi connectivity index (χ1) is 16.5. The number of anilines is 1. The molecule has 0 spiro atoms. The molecule has 2 heterocycles. The Morgan fingerprint density at radius 1 is 1.12 bits per heavy atom. The molecule has 1 aliphatic heterocycles. The Labute approximate surface area is 204 Å². The Bertz CT molecular complexity index is 1450. The average Bonchev–Trinajstić information content (AvgIpc) is 3.30. The van der Waals surface area contributed by atoms with Crippen molar-refractivity contribution in [1.29, 1.82) is 0 Å². The number of halogens is 1. The monoisotopic (exact) mass is 493 g/mol. The van der Waals surface area contributed by atoms with Crippen LogP contribution in [-0.4, -0.2) is 28.0 Å². The molecule has 0 unspecified atom stereocenters. The SMILES string of the molecule is Cc1cccc(Cl)c1NC(=O)CSc1nc2ccccc2c(=O)n1Cc1ccc2c(c1)OCO2. The third-order valence-electron chi connectivity index (χ3n) is 5.42. The molecule has 0 saturated carbocycles. The van der Waals surface area contributed by atoms with E-state index >= 15 is 0 Å². The Morgan fingerprint density at radius 2 is 1.94 bits per heavy atom. The molecule has 1 N–H and O–H groups in total. The lowest BCUT2D eigenvalue weighted by atomic mass is 10.2. The van der Waals surface area contributed by atoms with E-state index in [1.807, 2.05) is 49.4 Å². The molecule has 0 radical (unpaired) electrons. The van der Waals surface area contributed by atoms with Crippen LogP contribution in [0.1, 0.15) is 11.1 Å². The van der Waals surface area contributed by atoms with E-state index < -0.39 is 0 Å². The quantitative estimate of drug-likeness (QED) is 0.305. The number of rotatable bonds is 6. The zero-order valence-electron chi connectivity index (χ0n) is 18.2. The molecule has 1 aromatic heterocycles. The van der Waals surface area contributed by atoms with E-state index in [0.29, 0.717) is 38.3 Å². The second-order valence-electron chi connectivity index (χ2n) is 7.76. The highest BCUT2D eigenvalue weighted by molar-refractivity contribution is 7.99. The van der Waals surface area contributed by atoms with Crippen LogP contribution in [0.2, 0.25) is 5.02 Å². The number of nitrogens with one attached hydrogen (secondary N) is 1. The summed E-state index contributed by atoms with van der Waals surface area (Å²) in [6.07, 6.45) is 0. The number of fused-ring (bicyclic) bond motifs is 2. The topological polar surface area (TPSA) is 82.5 Å². The van der Waals surface area contributed by atoms with Crippen LogP contribution >= 0.6 is 23.4 Å². The van der Waals surface area contributed by atoms with E-state index in [2.05, 4.69) is 10.3 Å². The molecule has 5 rings (SSSR count). The maximum atomic E-state index is 13.3. The fourth-order valence-electron chi connectivity index (χ4n) is 3.71. The summed E-state index contributed by atoms with van der Waals surface area (Å²) >= 11 is 7.43. The van der Waals surface area contributed by atoms with Gasteiger partial charge < -0.3 is 14.8 Å². The van der Waals surface area contributed by atoms with Gasteiger partial charge in [0.25, 0.3) is 5.56 Å². The second-order valence-corrected chi connectivity index (χ2v) is 9.11. The Morgan fingerprint density at radius 3 is 2.79 bits per heavy atom. The number of hydrogen-bond donors (Lipinski definition) is 1.